The molecule has 308 valence electrons. The summed E-state index contributed by atoms with van der Waals surface area (Å²) >= 11 is 0. The molecule has 0 unspecified atom stereocenters. The average Bonchev–Trinajstić information content (AvgIpc) is 3.72. The molecule has 13 rings (SSSR count). The van der Waals surface area contributed by atoms with Crippen LogP contribution in [-0.4, -0.2) is 19.5 Å². The molecule has 0 N–H and O–H groups in total. The Hall–Kier alpha value is -8.93. The predicted molar refractivity (Wildman–Crippen MR) is 274 cm³/mol. The zero-order valence-electron chi connectivity index (χ0n) is 35.8. The van der Waals surface area contributed by atoms with Crippen LogP contribution in [0.1, 0.15) is 0 Å². The Morgan fingerprint density at radius 1 is 0.303 bits per heavy atom. The maximum atomic E-state index is 5.15. The summed E-state index contributed by atoms with van der Waals surface area (Å²) in [4.78, 5) is 17.6. The zero-order valence-corrected chi connectivity index (χ0v) is 35.8. The van der Waals surface area contributed by atoms with Gasteiger partial charge in [0.05, 0.1) is 11.0 Å². The summed E-state index contributed by atoms with van der Waals surface area (Å²) in [6.07, 6.45) is 0. The second-order valence-electron chi connectivity index (χ2n) is 16.8. The van der Waals surface area contributed by atoms with Crippen molar-refractivity contribution in [1.82, 2.24) is 19.5 Å². The van der Waals surface area contributed by atoms with Crippen molar-refractivity contribution < 1.29 is 0 Å². The van der Waals surface area contributed by atoms with Gasteiger partial charge in [-0.05, 0) is 116 Å². The fourth-order valence-corrected chi connectivity index (χ4v) is 9.95. The van der Waals surface area contributed by atoms with Crippen molar-refractivity contribution in [2.24, 2.45) is 0 Å². The van der Waals surface area contributed by atoms with Crippen molar-refractivity contribution in [2.75, 3.05) is 4.90 Å². The van der Waals surface area contributed by atoms with E-state index in [4.69, 9.17) is 15.0 Å². The van der Waals surface area contributed by atoms with E-state index >= 15 is 0 Å². The van der Waals surface area contributed by atoms with E-state index in [9.17, 15) is 0 Å². The molecule has 11 aromatic carbocycles. The number of anilines is 3. The van der Waals surface area contributed by atoms with Crippen LogP contribution >= 0.6 is 0 Å². The second kappa shape index (κ2) is 15.4. The molecule has 5 heteroatoms. The second-order valence-corrected chi connectivity index (χ2v) is 16.8. The van der Waals surface area contributed by atoms with Crippen molar-refractivity contribution in [3.8, 4) is 51.0 Å². The number of nitrogens with zero attached hydrogens (tertiary/aromatic N) is 5. The third kappa shape index (κ3) is 6.21. The minimum atomic E-state index is 0.649. The molecule has 0 bridgehead atoms. The van der Waals surface area contributed by atoms with Crippen LogP contribution in [0.2, 0.25) is 0 Å². The Bertz CT molecular complexity index is 3810. The summed E-state index contributed by atoms with van der Waals surface area (Å²) in [5.41, 5.74) is 12.0. The third-order valence-corrected chi connectivity index (χ3v) is 13.0. The smallest absolute Gasteiger partial charge is 0.164 e. The number of benzene rings is 11. The molecular weight excluding hydrogens is 803 g/mol. The quantitative estimate of drug-likeness (QED) is 0.143. The van der Waals surface area contributed by atoms with E-state index in [2.05, 4.69) is 210 Å². The molecule has 0 aliphatic heterocycles. The highest BCUT2D eigenvalue weighted by atomic mass is 15.1. The van der Waals surface area contributed by atoms with Crippen molar-refractivity contribution in [3.05, 3.63) is 237 Å². The van der Waals surface area contributed by atoms with Crippen molar-refractivity contribution in [3.63, 3.8) is 0 Å². The average molecular weight is 842 g/mol. The van der Waals surface area contributed by atoms with Gasteiger partial charge in [-0.25, -0.2) is 15.0 Å². The maximum Gasteiger partial charge on any atom is 0.164 e. The first-order chi connectivity index (χ1) is 32.7. The highest BCUT2D eigenvalue weighted by molar-refractivity contribution is 6.27. The van der Waals surface area contributed by atoms with Crippen molar-refractivity contribution in [2.45, 2.75) is 0 Å². The van der Waals surface area contributed by atoms with Gasteiger partial charge in [-0.3, -0.25) is 0 Å². The lowest BCUT2D eigenvalue weighted by Crippen LogP contribution is -2.09. The van der Waals surface area contributed by atoms with E-state index in [1.165, 1.54) is 48.8 Å². The first kappa shape index (κ1) is 37.6. The molecule has 0 spiro atoms. The number of fused-ring (bicyclic) bond motifs is 3. The van der Waals surface area contributed by atoms with Crippen LogP contribution in [0.3, 0.4) is 0 Å². The van der Waals surface area contributed by atoms with Crippen LogP contribution < -0.4 is 4.90 Å². The maximum absolute atomic E-state index is 5.15. The van der Waals surface area contributed by atoms with E-state index in [1.807, 2.05) is 36.4 Å². The molecule has 0 aliphatic carbocycles. The van der Waals surface area contributed by atoms with Gasteiger partial charge in [-0.2, -0.15) is 0 Å². The van der Waals surface area contributed by atoms with Gasteiger partial charge in [-0.1, -0.05) is 164 Å². The van der Waals surface area contributed by atoms with E-state index in [0.29, 0.717) is 17.5 Å². The Morgan fingerprint density at radius 3 is 1.33 bits per heavy atom. The molecule has 0 saturated carbocycles. The summed E-state index contributed by atoms with van der Waals surface area (Å²) < 4.78 is 2.40. The number of para-hydroxylation sites is 3. The monoisotopic (exact) mass is 841 g/mol. The summed E-state index contributed by atoms with van der Waals surface area (Å²) in [5.74, 6) is 1.95. The molecule has 13 aromatic rings. The van der Waals surface area contributed by atoms with Gasteiger partial charge in [0.2, 0.25) is 0 Å². The van der Waals surface area contributed by atoms with Crippen LogP contribution in [0.4, 0.5) is 17.1 Å². The van der Waals surface area contributed by atoms with Crippen molar-refractivity contribution in [1.29, 1.82) is 0 Å². The van der Waals surface area contributed by atoms with E-state index in [1.54, 1.807) is 0 Å². The van der Waals surface area contributed by atoms with Crippen LogP contribution in [0, 0.1) is 0 Å². The first-order valence-corrected chi connectivity index (χ1v) is 22.4. The van der Waals surface area contributed by atoms with Crippen LogP contribution in [-0.2, 0) is 0 Å². The SMILES string of the molecule is c1ccc(-c2nc(-c3ccccc3)nc(-c3ccc4ccc5c(-c6ccc7c(c6)c6cc(N(c8ccccc8)c8ccccc8)ccc6n7-c6ccccc6)ccc6ccc3c4c65)n2)cc1. The number of aromatic nitrogens is 4. The van der Waals surface area contributed by atoms with E-state index < -0.39 is 0 Å². The van der Waals surface area contributed by atoms with Crippen LogP contribution in [0.25, 0.3) is 105 Å². The van der Waals surface area contributed by atoms with Gasteiger partial charge < -0.3 is 9.47 Å². The minimum Gasteiger partial charge on any atom is -0.310 e. The minimum absolute atomic E-state index is 0.649. The van der Waals surface area contributed by atoms with Crippen LogP contribution in [0.15, 0.2) is 237 Å². The molecule has 2 heterocycles. The molecule has 5 nitrogen and oxygen atoms in total. The Labute approximate surface area is 381 Å². The van der Waals surface area contributed by atoms with Gasteiger partial charge >= 0.3 is 0 Å². The topological polar surface area (TPSA) is 46.8 Å². The molecule has 0 amide bonds. The molecule has 0 radical (unpaired) electrons. The standard InChI is InChI=1S/C61H39N5/c1-6-16-42(17-7-1)59-62-60(43-18-8-2-9-19-43)64-61(63-59)52-35-29-41-27-33-50-49(32-26-40-28-34-51(52)58(41)57(40)50)44-30-36-55-53(38-44)54-39-48(31-37-56(54)66(55)47-24-14-5-15-25-47)65(45-20-10-3-11-21-45)46-22-12-4-13-23-46/h1-39H. The van der Waals surface area contributed by atoms with Gasteiger partial charge in [0, 0.05) is 50.2 Å². The van der Waals surface area contributed by atoms with E-state index in [-0.39, 0.29) is 0 Å². The van der Waals surface area contributed by atoms with Gasteiger partial charge in [0.25, 0.3) is 0 Å². The predicted octanol–water partition coefficient (Wildman–Crippen LogP) is 16.0. The van der Waals surface area contributed by atoms with Gasteiger partial charge in [-0.15, -0.1) is 0 Å². The molecule has 0 saturated heterocycles. The lowest BCUT2D eigenvalue weighted by atomic mass is 9.88. The Morgan fingerprint density at radius 2 is 0.758 bits per heavy atom. The molecular formula is C61H39N5. The molecule has 66 heavy (non-hydrogen) atoms. The van der Waals surface area contributed by atoms with Gasteiger partial charge in [0.1, 0.15) is 0 Å². The summed E-state index contributed by atoms with van der Waals surface area (Å²) in [6.45, 7) is 0. The van der Waals surface area contributed by atoms with Crippen LogP contribution in [0.5, 0.6) is 0 Å². The van der Waals surface area contributed by atoms with Gasteiger partial charge in [0.15, 0.2) is 17.5 Å². The fraction of sp³-hybridized carbons (Fsp3) is 0. The fourth-order valence-electron chi connectivity index (χ4n) is 9.95. The Kier molecular flexibility index (Phi) is 8.78. The highest BCUT2D eigenvalue weighted by Gasteiger charge is 2.21. The molecule has 0 atom stereocenters. The lowest BCUT2D eigenvalue weighted by Gasteiger charge is -2.25. The highest BCUT2D eigenvalue weighted by Crippen LogP contribution is 2.45. The summed E-state index contributed by atoms with van der Waals surface area (Å²) in [5, 5.41) is 9.53. The number of hydrogen-bond donors (Lipinski definition) is 0. The van der Waals surface area contributed by atoms with Crippen molar-refractivity contribution >= 4 is 71.2 Å². The number of rotatable bonds is 8. The summed E-state index contributed by atoms with van der Waals surface area (Å²) in [7, 11) is 0. The summed E-state index contributed by atoms with van der Waals surface area (Å²) in [6, 6.07) is 84.2. The third-order valence-electron chi connectivity index (χ3n) is 13.0. The molecule has 0 fully saturated rings. The zero-order chi connectivity index (χ0) is 43.6. The molecule has 0 aliphatic rings. The Balaban J connectivity index is 1.01. The normalized spacial score (nSPS) is 11.6. The first-order valence-electron chi connectivity index (χ1n) is 22.4. The number of hydrogen-bond acceptors (Lipinski definition) is 4. The lowest BCUT2D eigenvalue weighted by molar-refractivity contribution is 1.08. The largest absolute Gasteiger partial charge is 0.310 e. The molecule has 2 aromatic heterocycles. The van der Waals surface area contributed by atoms with E-state index in [0.717, 1.165) is 55.9 Å².